The van der Waals surface area contributed by atoms with Crippen molar-refractivity contribution in [3.63, 3.8) is 0 Å². The summed E-state index contributed by atoms with van der Waals surface area (Å²) in [7, 11) is 1.57. The molecule has 1 aliphatic rings. The molecule has 2 heterocycles. The number of carbonyl (C=O) groups is 2. The Labute approximate surface area is 166 Å². The van der Waals surface area contributed by atoms with Gasteiger partial charge in [0.05, 0.1) is 7.11 Å². The second-order valence-electron chi connectivity index (χ2n) is 6.11. The van der Waals surface area contributed by atoms with E-state index in [1.807, 2.05) is 0 Å². The lowest BCUT2D eigenvalue weighted by Crippen LogP contribution is -2.18. The molecular formula is C21H17N3O5. The predicted octanol–water partition coefficient (Wildman–Crippen LogP) is 3.32. The zero-order chi connectivity index (χ0) is 20.2. The van der Waals surface area contributed by atoms with Crippen LogP contribution in [0.5, 0.6) is 17.2 Å². The molecule has 0 saturated heterocycles. The van der Waals surface area contributed by atoms with Crippen molar-refractivity contribution >= 4 is 23.2 Å². The molecule has 0 bridgehead atoms. The highest BCUT2D eigenvalue weighted by atomic mass is 16.7. The van der Waals surface area contributed by atoms with Gasteiger partial charge in [0.25, 0.3) is 11.8 Å². The molecule has 4 rings (SSSR count). The lowest BCUT2D eigenvalue weighted by molar-refractivity contribution is 0.101. The number of amides is 2. The second-order valence-corrected chi connectivity index (χ2v) is 6.11. The summed E-state index contributed by atoms with van der Waals surface area (Å²) in [5.74, 6) is 1.00. The molecule has 0 unspecified atom stereocenters. The van der Waals surface area contributed by atoms with Crippen LogP contribution in [-0.4, -0.2) is 30.7 Å². The van der Waals surface area contributed by atoms with E-state index in [2.05, 4.69) is 15.6 Å². The quantitative estimate of drug-likeness (QED) is 0.692. The zero-order valence-electron chi connectivity index (χ0n) is 15.5. The number of methoxy groups -OCH3 is 1. The average Bonchev–Trinajstić information content (AvgIpc) is 3.22. The molecule has 2 aromatic carbocycles. The Kier molecular flexibility index (Phi) is 4.98. The van der Waals surface area contributed by atoms with E-state index in [0.29, 0.717) is 28.6 Å². The molecule has 2 amide bonds. The van der Waals surface area contributed by atoms with Gasteiger partial charge in [-0.15, -0.1) is 0 Å². The molecule has 8 heteroatoms. The van der Waals surface area contributed by atoms with Crippen LogP contribution in [0.3, 0.4) is 0 Å². The number of fused-ring (bicyclic) bond motifs is 1. The van der Waals surface area contributed by atoms with Crippen molar-refractivity contribution < 1.29 is 23.8 Å². The van der Waals surface area contributed by atoms with Crippen molar-refractivity contribution in [2.45, 2.75) is 0 Å². The number of aromatic nitrogens is 1. The molecule has 146 valence electrons. The lowest BCUT2D eigenvalue weighted by Gasteiger charge is -2.08. The summed E-state index contributed by atoms with van der Waals surface area (Å²) in [6, 6.07) is 16.7. The maximum atomic E-state index is 12.5. The highest BCUT2D eigenvalue weighted by molar-refractivity contribution is 6.06. The third-order valence-corrected chi connectivity index (χ3v) is 4.19. The van der Waals surface area contributed by atoms with Crippen LogP contribution in [0.25, 0.3) is 0 Å². The fraction of sp³-hybridized carbons (Fsp3) is 0.0952. The SMILES string of the molecule is COc1ccc(NC(=O)c2cccc(C(=O)Nc3ccc4c(c3)OCO4)n2)cc1. The van der Waals surface area contributed by atoms with E-state index in [1.54, 1.807) is 55.6 Å². The number of benzene rings is 2. The zero-order valence-corrected chi connectivity index (χ0v) is 15.5. The Morgan fingerprint density at radius 3 is 2.17 bits per heavy atom. The number of hydrogen-bond acceptors (Lipinski definition) is 6. The maximum Gasteiger partial charge on any atom is 0.274 e. The Balaban J connectivity index is 1.45. The first-order valence-corrected chi connectivity index (χ1v) is 8.76. The largest absolute Gasteiger partial charge is 0.497 e. The molecule has 8 nitrogen and oxygen atoms in total. The van der Waals surface area contributed by atoms with Crippen molar-refractivity contribution in [1.82, 2.24) is 4.98 Å². The lowest BCUT2D eigenvalue weighted by atomic mass is 10.2. The molecule has 1 aromatic heterocycles. The van der Waals surface area contributed by atoms with E-state index in [4.69, 9.17) is 14.2 Å². The first-order valence-electron chi connectivity index (χ1n) is 8.76. The molecule has 3 aromatic rings. The van der Waals surface area contributed by atoms with Crippen LogP contribution in [0.2, 0.25) is 0 Å². The van der Waals surface area contributed by atoms with E-state index >= 15 is 0 Å². The van der Waals surface area contributed by atoms with Gasteiger partial charge in [-0.25, -0.2) is 4.98 Å². The van der Waals surface area contributed by atoms with Crippen LogP contribution < -0.4 is 24.8 Å². The third-order valence-electron chi connectivity index (χ3n) is 4.19. The number of ether oxygens (including phenoxy) is 3. The van der Waals surface area contributed by atoms with E-state index in [-0.39, 0.29) is 18.2 Å². The van der Waals surface area contributed by atoms with Gasteiger partial charge in [0.1, 0.15) is 17.1 Å². The van der Waals surface area contributed by atoms with Gasteiger partial charge in [0.2, 0.25) is 6.79 Å². The van der Waals surface area contributed by atoms with Crippen LogP contribution >= 0.6 is 0 Å². The number of nitrogens with one attached hydrogen (secondary N) is 2. The first-order chi connectivity index (χ1) is 14.1. The highest BCUT2D eigenvalue weighted by Crippen LogP contribution is 2.34. The van der Waals surface area contributed by atoms with Crippen LogP contribution in [0.1, 0.15) is 21.0 Å². The van der Waals surface area contributed by atoms with Crippen molar-refractivity contribution in [3.05, 3.63) is 72.1 Å². The minimum atomic E-state index is -0.442. The second kappa shape index (κ2) is 7.89. The summed E-state index contributed by atoms with van der Waals surface area (Å²) in [5.41, 5.74) is 1.37. The molecular weight excluding hydrogens is 374 g/mol. The Morgan fingerprint density at radius 1 is 0.862 bits per heavy atom. The summed E-state index contributed by atoms with van der Waals surface area (Å²) in [4.78, 5) is 29.2. The summed E-state index contributed by atoms with van der Waals surface area (Å²) in [6.45, 7) is 0.152. The molecule has 0 radical (unpaired) electrons. The predicted molar refractivity (Wildman–Crippen MR) is 106 cm³/mol. The number of hydrogen-bond donors (Lipinski definition) is 2. The van der Waals surface area contributed by atoms with Gasteiger partial charge in [-0.2, -0.15) is 0 Å². The van der Waals surface area contributed by atoms with Gasteiger partial charge in [-0.1, -0.05) is 6.07 Å². The fourth-order valence-corrected chi connectivity index (χ4v) is 2.73. The first kappa shape index (κ1) is 18.3. The Morgan fingerprint density at radius 2 is 1.48 bits per heavy atom. The minimum Gasteiger partial charge on any atom is -0.497 e. The van der Waals surface area contributed by atoms with Crippen molar-refractivity contribution in [2.75, 3.05) is 24.5 Å². The standard InChI is InChI=1S/C21H17N3O5/c1-27-15-8-5-13(6-9-15)22-20(25)16-3-2-4-17(24-16)21(26)23-14-7-10-18-19(11-14)29-12-28-18/h2-11H,12H2,1H3,(H,22,25)(H,23,26). The molecule has 0 atom stereocenters. The number of pyridine rings is 1. The van der Waals surface area contributed by atoms with Crippen molar-refractivity contribution in [3.8, 4) is 17.2 Å². The molecule has 29 heavy (non-hydrogen) atoms. The van der Waals surface area contributed by atoms with E-state index < -0.39 is 11.8 Å². The Hall–Kier alpha value is -4.07. The van der Waals surface area contributed by atoms with Crippen LogP contribution in [0, 0.1) is 0 Å². The minimum absolute atomic E-state index is 0.116. The van der Waals surface area contributed by atoms with Gasteiger partial charge in [-0.3, -0.25) is 9.59 Å². The van der Waals surface area contributed by atoms with E-state index in [9.17, 15) is 9.59 Å². The van der Waals surface area contributed by atoms with Crippen LogP contribution in [0.15, 0.2) is 60.7 Å². The van der Waals surface area contributed by atoms with Gasteiger partial charge < -0.3 is 24.8 Å². The number of rotatable bonds is 5. The van der Waals surface area contributed by atoms with Gasteiger partial charge in [-0.05, 0) is 48.5 Å². The van der Waals surface area contributed by atoms with Gasteiger partial charge in [0, 0.05) is 17.4 Å². The monoisotopic (exact) mass is 391 g/mol. The number of anilines is 2. The molecule has 1 aliphatic heterocycles. The molecule has 0 fully saturated rings. The van der Waals surface area contributed by atoms with Gasteiger partial charge >= 0.3 is 0 Å². The average molecular weight is 391 g/mol. The van der Waals surface area contributed by atoms with Crippen molar-refractivity contribution in [1.29, 1.82) is 0 Å². The molecule has 0 spiro atoms. The summed E-state index contributed by atoms with van der Waals surface area (Å²) < 4.78 is 15.6. The van der Waals surface area contributed by atoms with Gasteiger partial charge in [0.15, 0.2) is 11.5 Å². The van der Waals surface area contributed by atoms with E-state index in [0.717, 1.165) is 0 Å². The van der Waals surface area contributed by atoms with Crippen LogP contribution in [0.4, 0.5) is 11.4 Å². The molecule has 0 saturated carbocycles. The number of carbonyl (C=O) groups excluding carboxylic acids is 2. The molecule has 2 N–H and O–H groups in total. The van der Waals surface area contributed by atoms with E-state index in [1.165, 1.54) is 12.1 Å². The van der Waals surface area contributed by atoms with Crippen LogP contribution in [-0.2, 0) is 0 Å². The summed E-state index contributed by atoms with van der Waals surface area (Å²) in [6.07, 6.45) is 0. The topological polar surface area (TPSA) is 98.8 Å². The highest BCUT2D eigenvalue weighted by Gasteiger charge is 2.16. The fourth-order valence-electron chi connectivity index (χ4n) is 2.73. The summed E-state index contributed by atoms with van der Waals surface area (Å²) in [5, 5.41) is 5.47. The smallest absolute Gasteiger partial charge is 0.274 e. The maximum absolute atomic E-state index is 12.5. The summed E-state index contributed by atoms with van der Waals surface area (Å²) >= 11 is 0. The van der Waals surface area contributed by atoms with Crippen molar-refractivity contribution in [2.24, 2.45) is 0 Å². The normalized spacial score (nSPS) is 11.6. The molecule has 0 aliphatic carbocycles. The third kappa shape index (κ3) is 4.11. The Bertz CT molecular complexity index is 1070. The number of nitrogens with zero attached hydrogens (tertiary/aromatic N) is 1.